The first-order chi connectivity index (χ1) is 19.3. The minimum Gasteiger partial charge on any atom is -0.490 e. The molecule has 1 aliphatic heterocycles. The van der Waals surface area contributed by atoms with E-state index in [1.165, 1.54) is 18.2 Å². The molecule has 0 spiro atoms. The van der Waals surface area contributed by atoms with Crippen molar-refractivity contribution in [3.05, 3.63) is 99.2 Å². The number of nitrogens with zero attached hydrogens (tertiary/aromatic N) is 2. The molecule has 0 bridgehead atoms. The van der Waals surface area contributed by atoms with E-state index in [9.17, 15) is 24.5 Å². The highest BCUT2D eigenvalue weighted by Gasteiger charge is 2.35. The van der Waals surface area contributed by atoms with E-state index in [-0.39, 0.29) is 18.0 Å². The molecule has 0 atom stereocenters. The second kappa shape index (κ2) is 12.6. The Morgan fingerprint density at radius 2 is 1.77 bits per heavy atom. The maximum atomic E-state index is 12.9. The third-order valence-corrected chi connectivity index (χ3v) is 6.06. The third kappa shape index (κ3) is 6.62. The number of non-ortho nitro benzene ring substituents is 1. The Morgan fingerprint density at radius 3 is 2.48 bits per heavy atom. The summed E-state index contributed by atoms with van der Waals surface area (Å²) in [4.78, 5) is 49.2. The zero-order valence-corrected chi connectivity index (χ0v) is 22.0. The van der Waals surface area contributed by atoms with Crippen molar-refractivity contribution in [2.45, 2.75) is 26.9 Å². The minimum absolute atomic E-state index is 0.00860. The number of imide groups is 1. The molecular formula is C29H28N4O7. The monoisotopic (exact) mass is 544 g/mol. The molecule has 206 valence electrons. The maximum absolute atomic E-state index is 12.9. The summed E-state index contributed by atoms with van der Waals surface area (Å²) < 4.78 is 11.6. The van der Waals surface area contributed by atoms with Gasteiger partial charge in [-0.15, -0.1) is 0 Å². The van der Waals surface area contributed by atoms with Crippen LogP contribution >= 0.6 is 0 Å². The highest BCUT2D eigenvalue weighted by Crippen LogP contribution is 2.30. The smallest absolute Gasteiger partial charge is 0.329 e. The lowest BCUT2D eigenvalue weighted by Gasteiger charge is -2.14. The molecule has 1 aliphatic rings. The summed E-state index contributed by atoms with van der Waals surface area (Å²) in [6, 6.07) is 17.7. The zero-order chi connectivity index (χ0) is 28.6. The topological polar surface area (TPSA) is 140 Å². The fraction of sp³-hybridized carbons (Fsp3) is 0.207. The normalized spacial score (nSPS) is 13.8. The van der Waals surface area contributed by atoms with Crippen molar-refractivity contribution in [2.24, 2.45) is 0 Å². The molecule has 11 heteroatoms. The molecular weight excluding hydrogens is 516 g/mol. The SMILES string of the molecule is CCOc1cc(/C=C2/NC(=O)N(CC(=O)Nc3ccccc3CC)C2=O)ccc1OCc1ccc([N+](=O)[O-])cc1. The van der Waals surface area contributed by atoms with E-state index < -0.39 is 29.3 Å². The van der Waals surface area contributed by atoms with Crippen molar-refractivity contribution in [3.63, 3.8) is 0 Å². The van der Waals surface area contributed by atoms with Crippen molar-refractivity contribution in [1.82, 2.24) is 10.2 Å². The standard InChI is InChI=1S/C29H28N4O7/c1-3-21-7-5-6-8-23(21)30-27(34)17-32-28(35)24(31-29(32)36)15-20-11-14-25(26(16-20)39-4-2)40-18-19-9-12-22(13-10-19)33(37)38/h5-16H,3-4,17-18H2,1-2H3,(H,30,34)(H,31,36)/b24-15+. The lowest BCUT2D eigenvalue weighted by molar-refractivity contribution is -0.384. The summed E-state index contributed by atoms with van der Waals surface area (Å²) in [5.41, 5.74) is 2.90. The number of nitrogens with one attached hydrogen (secondary N) is 2. The minimum atomic E-state index is -0.691. The number of hydrogen-bond donors (Lipinski definition) is 2. The Hall–Kier alpha value is -5.19. The fourth-order valence-corrected chi connectivity index (χ4v) is 4.04. The Bertz CT molecular complexity index is 1470. The molecule has 1 saturated heterocycles. The van der Waals surface area contributed by atoms with Crippen LogP contribution in [0.2, 0.25) is 0 Å². The van der Waals surface area contributed by atoms with Gasteiger partial charge in [0.05, 0.1) is 11.5 Å². The van der Waals surface area contributed by atoms with Gasteiger partial charge in [-0.05, 0) is 66.4 Å². The molecule has 0 radical (unpaired) electrons. The van der Waals surface area contributed by atoms with Crippen molar-refractivity contribution in [2.75, 3.05) is 18.5 Å². The average Bonchev–Trinajstić information content (AvgIpc) is 3.20. The first-order valence-electron chi connectivity index (χ1n) is 12.6. The van der Waals surface area contributed by atoms with Gasteiger partial charge in [-0.3, -0.25) is 19.7 Å². The number of nitro groups is 1. The number of carbonyl (C=O) groups excluding carboxylic acids is 3. The lowest BCUT2D eigenvalue weighted by atomic mass is 10.1. The van der Waals surface area contributed by atoms with Gasteiger partial charge in [0.2, 0.25) is 5.91 Å². The van der Waals surface area contributed by atoms with Crippen LogP contribution in [-0.2, 0) is 22.6 Å². The van der Waals surface area contributed by atoms with E-state index in [1.807, 2.05) is 26.0 Å². The van der Waals surface area contributed by atoms with Gasteiger partial charge in [-0.1, -0.05) is 31.2 Å². The summed E-state index contributed by atoms with van der Waals surface area (Å²) in [5, 5.41) is 16.1. The fourth-order valence-electron chi connectivity index (χ4n) is 4.04. The van der Waals surface area contributed by atoms with Gasteiger partial charge in [0.15, 0.2) is 11.5 Å². The number of urea groups is 1. The second-order valence-electron chi connectivity index (χ2n) is 8.79. The van der Waals surface area contributed by atoms with Crippen LogP contribution in [0.4, 0.5) is 16.2 Å². The molecule has 11 nitrogen and oxygen atoms in total. The number of para-hydroxylation sites is 1. The maximum Gasteiger partial charge on any atom is 0.329 e. The van der Waals surface area contributed by atoms with E-state index in [0.29, 0.717) is 29.4 Å². The van der Waals surface area contributed by atoms with Crippen LogP contribution in [0.5, 0.6) is 11.5 Å². The summed E-state index contributed by atoms with van der Waals surface area (Å²) in [6.45, 7) is 3.86. The van der Waals surface area contributed by atoms with E-state index in [2.05, 4.69) is 10.6 Å². The number of rotatable bonds is 11. The molecule has 4 rings (SSSR count). The van der Waals surface area contributed by atoms with Gasteiger partial charge in [-0.25, -0.2) is 9.69 Å². The number of aryl methyl sites for hydroxylation is 1. The number of nitro benzene ring substituents is 1. The molecule has 3 aromatic rings. The molecule has 2 N–H and O–H groups in total. The van der Waals surface area contributed by atoms with E-state index in [0.717, 1.165) is 22.4 Å². The van der Waals surface area contributed by atoms with Crippen molar-refractivity contribution in [1.29, 1.82) is 0 Å². The largest absolute Gasteiger partial charge is 0.490 e. The molecule has 4 amide bonds. The van der Waals surface area contributed by atoms with Crippen LogP contribution < -0.4 is 20.1 Å². The molecule has 0 saturated carbocycles. The van der Waals surface area contributed by atoms with Crippen molar-refractivity contribution >= 4 is 35.3 Å². The Balaban J connectivity index is 1.44. The summed E-state index contributed by atoms with van der Waals surface area (Å²) in [5.74, 6) is -0.254. The molecule has 3 aromatic carbocycles. The lowest BCUT2D eigenvalue weighted by Crippen LogP contribution is -2.38. The number of benzene rings is 3. The average molecular weight is 545 g/mol. The number of amides is 4. The van der Waals surface area contributed by atoms with Gasteiger partial charge in [0.25, 0.3) is 11.6 Å². The number of anilines is 1. The first kappa shape index (κ1) is 27.8. The number of ether oxygens (including phenoxy) is 2. The van der Waals surface area contributed by atoms with E-state index in [1.54, 1.807) is 42.5 Å². The number of carbonyl (C=O) groups is 3. The molecule has 1 fully saturated rings. The molecule has 40 heavy (non-hydrogen) atoms. The molecule has 1 heterocycles. The van der Waals surface area contributed by atoms with E-state index >= 15 is 0 Å². The van der Waals surface area contributed by atoms with Crippen molar-refractivity contribution in [3.8, 4) is 11.5 Å². The van der Waals surface area contributed by atoms with Gasteiger partial charge in [-0.2, -0.15) is 0 Å². The second-order valence-corrected chi connectivity index (χ2v) is 8.79. The van der Waals surface area contributed by atoms with Crippen LogP contribution in [0.1, 0.15) is 30.5 Å². The summed E-state index contributed by atoms with van der Waals surface area (Å²) >= 11 is 0. The summed E-state index contributed by atoms with van der Waals surface area (Å²) in [6.07, 6.45) is 2.21. The van der Waals surface area contributed by atoms with Crippen LogP contribution in [0.3, 0.4) is 0 Å². The quantitative estimate of drug-likeness (QED) is 0.155. The van der Waals surface area contributed by atoms with Gasteiger partial charge in [0, 0.05) is 17.8 Å². The highest BCUT2D eigenvalue weighted by atomic mass is 16.6. The highest BCUT2D eigenvalue weighted by molar-refractivity contribution is 6.16. The van der Waals surface area contributed by atoms with Crippen molar-refractivity contribution < 1.29 is 28.8 Å². The van der Waals surface area contributed by atoms with Crippen LogP contribution in [0, 0.1) is 10.1 Å². The van der Waals surface area contributed by atoms with Crippen LogP contribution in [-0.4, -0.2) is 40.8 Å². The van der Waals surface area contributed by atoms with E-state index in [4.69, 9.17) is 9.47 Å². The Kier molecular flexibility index (Phi) is 8.75. The predicted octanol–water partition coefficient (Wildman–Crippen LogP) is 4.67. The zero-order valence-electron chi connectivity index (χ0n) is 22.0. The van der Waals surface area contributed by atoms with Gasteiger partial charge < -0.3 is 20.1 Å². The molecule has 0 aromatic heterocycles. The Morgan fingerprint density at radius 1 is 1.02 bits per heavy atom. The van der Waals surface area contributed by atoms with Crippen LogP contribution in [0.25, 0.3) is 6.08 Å². The number of hydrogen-bond acceptors (Lipinski definition) is 7. The third-order valence-electron chi connectivity index (χ3n) is 6.06. The van der Waals surface area contributed by atoms with Crippen LogP contribution in [0.15, 0.2) is 72.4 Å². The van der Waals surface area contributed by atoms with Gasteiger partial charge in [0.1, 0.15) is 18.8 Å². The first-order valence-corrected chi connectivity index (χ1v) is 12.6. The Labute approximate surface area is 230 Å². The summed E-state index contributed by atoms with van der Waals surface area (Å²) in [7, 11) is 0. The predicted molar refractivity (Wildman–Crippen MR) is 148 cm³/mol. The molecule has 0 aliphatic carbocycles. The molecule has 0 unspecified atom stereocenters. The van der Waals surface area contributed by atoms with Gasteiger partial charge >= 0.3 is 6.03 Å².